The highest BCUT2D eigenvalue weighted by Gasteiger charge is 2.20. The molecule has 0 saturated heterocycles. The lowest BCUT2D eigenvalue weighted by Crippen LogP contribution is -2.01. The van der Waals surface area contributed by atoms with Gasteiger partial charge in [0.25, 0.3) is 0 Å². The van der Waals surface area contributed by atoms with Gasteiger partial charge in [0.2, 0.25) is 0 Å². The molecular weight excluding hydrogens is 711 g/mol. The van der Waals surface area contributed by atoms with Crippen LogP contribution in [0.1, 0.15) is 0 Å². The van der Waals surface area contributed by atoms with Gasteiger partial charge in [-0.2, -0.15) is 0 Å². The van der Waals surface area contributed by atoms with Crippen LogP contribution in [-0.4, -0.2) is 24.5 Å². The van der Waals surface area contributed by atoms with E-state index in [9.17, 15) is 0 Å². The molecule has 6 nitrogen and oxygen atoms in total. The van der Waals surface area contributed by atoms with E-state index in [1.807, 2.05) is 12.3 Å². The largest absolute Gasteiger partial charge is 0.454 e. The Morgan fingerprint density at radius 3 is 1.84 bits per heavy atom. The summed E-state index contributed by atoms with van der Waals surface area (Å²) in [5.41, 5.74) is 9.59. The lowest BCUT2D eigenvalue weighted by molar-refractivity contribution is 0.666. The number of pyridine rings is 1. The van der Waals surface area contributed by atoms with Crippen LogP contribution in [0.25, 0.3) is 116 Å². The molecule has 0 N–H and O–H groups in total. The number of furan rings is 1. The molecule has 0 fully saturated rings. The van der Waals surface area contributed by atoms with E-state index >= 15 is 0 Å². The normalized spacial score (nSPS) is 11.8. The van der Waals surface area contributed by atoms with E-state index in [1.165, 1.54) is 21.5 Å². The van der Waals surface area contributed by atoms with E-state index < -0.39 is 0 Å². The molecule has 0 atom stereocenters. The first-order valence-electron chi connectivity index (χ1n) is 19.4. The predicted octanol–water partition coefficient (Wildman–Crippen LogP) is 13.2. The molecule has 270 valence electrons. The zero-order chi connectivity index (χ0) is 38.2. The molecule has 8 aromatic carbocycles. The highest BCUT2D eigenvalue weighted by Crippen LogP contribution is 2.40. The van der Waals surface area contributed by atoms with Crippen molar-refractivity contribution in [3.05, 3.63) is 188 Å². The van der Waals surface area contributed by atoms with Gasteiger partial charge in [-0.15, -0.1) is 0 Å². The van der Waals surface area contributed by atoms with Gasteiger partial charge in [-0.1, -0.05) is 133 Å². The maximum absolute atomic E-state index is 6.63. The van der Waals surface area contributed by atoms with Crippen LogP contribution >= 0.6 is 0 Å². The molecule has 0 unspecified atom stereocenters. The zero-order valence-corrected chi connectivity index (χ0v) is 31.0. The van der Waals surface area contributed by atoms with Crippen molar-refractivity contribution in [2.45, 2.75) is 0 Å². The topological polar surface area (TPSA) is 69.6 Å². The molecule has 0 aliphatic heterocycles. The molecule has 0 aliphatic carbocycles. The third kappa shape index (κ3) is 5.20. The minimum absolute atomic E-state index is 0.527. The Morgan fingerprint density at radius 2 is 1.02 bits per heavy atom. The fraction of sp³-hybridized carbons (Fsp3) is 0. The predicted molar refractivity (Wildman–Crippen MR) is 236 cm³/mol. The minimum Gasteiger partial charge on any atom is -0.454 e. The summed E-state index contributed by atoms with van der Waals surface area (Å²) < 4.78 is 8.97. The number of hydrogen-bond donors (Lipinski definition) is 0. The smallest absolute Gasteiger partial charge is 0.166 e. The first-order valence-corrected chi connectivity index (χ1v) is 19.4. The van der Waals surface area contributed by atoms with Crippen LogP contribution in [0.2, 0.25) is 0 Å². The maximum Gasteiger partial charge on any atom is 0.166 e. The Hall–Kier alpha value is -7.96. The van der Waals surface area contributed by atoms with Crippen LogP contribution in [0.3, 0.4) is 0 Å². The Balaban J connectivity index is 1.04. The summed E-state index contributed by atoms with van der Waals surface area (Å²) in [6, 6.07) is 61.6. The monoisotopic (exact) mass is 741 g/mol. The van der Waals surface area contributed by atoms with Crippen molar-refractivity contribution in [1.29, 1.82) is 0 Å². The van der Waals surface area contributed by atoms with E-state index in [0.29, 0.717) is 23.1 Å². The number of para-hydroxylation sites is 1. The molecule has 58 heavy (non-hydrogen) atoms. The number of fused-ring (bicyclic) bond motifs is 8. The second-order valence-corrected chi connectivity index (χ2v) is 14.7. The first kappa shape index (κ1) is 32.3. The summed E-state index contributed by atoms with van der Waals surface area (Å²) in [6.45, 7) is 0. The molecule has 0 bridgehead atoms. The van der Waals surface area contributed by atoms with E-state index in [1.54, 1.807) is 6.20 Å². The maximum atomic E-state index is 6.63. The van der Waals surface area contributed by atoms with E-state index in [-0.39, 0.29) is 0 Å². The van der Waals surface area contributed by atoms with Gasteiger partial charge >= 0.3 is 0 Å². The lowest BCUT2D eigenvalue weighted by atomic mass is 10.0. The van der Waals surface area contributed by atoms with Crippen molar-refractivity contribution in [1.82, 2.24) is 24.5 Å². The van der Waals surface area contributed by atoms with Crippen LogP contribution in [0.15, 0.2) is 193 Å². The molecule has 0 saturated carbocycles. The number of aromatic nitrogens is 5. The van der Waals surface area contributed by atoms with Gasteiger partial charge in [0, 0.05) is 56.2 Å². The summed E-state index contributed by atoms with van der Waals surface area (Å²) >= 11 is 0. The Bertz CT molecular complexity index is 3570. The summed E-state index contributed by atoms with van der Waals surface area (Å²) in [6.07, 6.45) is 3.62. The van der Waals surface area contributed by atoms with Gasteiger partial charge in [-0.05, 0) is 69.1 Å². The van der Waals surface area contributed by atoms with Gasteiger partial charge < -0.3 is 8.98 Å². The molecule has 0 spiro atoms. The number of nitrogens with zero attached hydrogens (tertiary/aromatic N) is 5. The van der Waals surface area contributed by atoms with Crippen molar-refractivity contribution in [2.75, 3.05) is 0 Å². The highest BCUT2D eigenvalue weighted by molar-refractivity contribution is 6.15. The van der Waals surface area contributed by atoms with Crippen LogP contribution in [0, 0.1) is 0 Å². The van der Waals surface area contributed by atoms with Crippen LogP contribution in [0.5, 0.6) is 0 Å². The standard InChI is InChI=1S/C52H31N5O/c1-2-10-32(11-3-1)34-18-21-35(22-19-34)50-54-51(39-23-20-33-12-4-5-13-36(33)26-39)56-52(55-50)44-30-53-31-48-49(44)42-25-24-40(29-47(42)58-48)57-45-17-9-8-16-41(45)43-27-37-14-6-7-15-38(37)28-46(43)57/h1-31H. The van der Waals surface area contributed by atoms with E-state index in [0.717, 1.165) is 71.7 Å². The summed E-state index contributed by atoms with van der Waals surface area (Å²) in [5.74, 6) is 1.70. The molecule has 0 aliphatic rings. The Morgan fingerprint density at radius 1 is 0.379 bits per heavy atom. The highest BCUT2D eigenvalue weighted by atomic mass is 16.3. The van der Waals surface area contributed by atoms with Crippen molar-refractivity contribution >= 4 is 65.3 Å². The average molecular weight is 742 g/mol. The zero-order valence-electron chi connectivity index (χ0n) is 31.0. The van der Waals surface area contributed by atoms with Gasteiger partial charge in [0.15, 0.2) is 23.1 Å². The third-order valence-corrected chi connectivity index (χ3v) is 11.3. The average Bonchev–Trinajstić information content (AvgIpc) is 3.83. The molecule has 0 amide bonds. The van der Waals surface area contributed by atoms with Crippen LogP contribution < -0.4 is 0 Å². The molecule has 4 aromatic heterocycles. The fourth-order valence-electron chi connectivity index (χ4n) is 8.48. The van der Waals surface area contributed by atoms with Crippen LogP contribution in [0.4, 0.5) is 0 Å². The van der Waals surface area contributed by atoms with Gasteiger partial charge in [0.1, 0.15) is 5.58 Å². The van der Waals surface area contributed by atoms with Crippen molar-refractivity contribution in [3.63, 3.8) is 0 Å². The minimum atomic E-state index is 0.527. The molecular formula is C52H31N5O. The Labute approximate surface area is 332 Å². The van der Waals surface area contributed by atoms with E-state index in [2.05, 4.69) is 179 Å². The summed E-state index contributed by atoms with van der Waals surface area (Å²) in [7, 11) is 0. The molecule has 12 aromatic rings. The summed E-state index contributed by atoms with van der Waals surface area (Å²) in [5, 5.41) is 8.99. The second-order valence-electron chi connectivity index (χ2n) is 14.7. The quantitative estimate of drug-likeness (QED) is 0.176. The number of benzene rings is 8. The second kappa shape index (κ2) is 12.8. The molecule has 6 heteroatoms. The van der Waals surface area contributed by atoms with Crippen molar-refractivity contribution in [3.8, 4) is 51.0 Å². The number of rotatable bonds is 5. The van der Waals surface area contributed by atoms with Crippen molar-refractivity contribution < 1.29 is 4.42 Å². The number of hydrogen-bond acceptors (Lipinski definition) is 5. The fourth-order valence-corrected chi connectivity index (χ4v) is 8.48. The van der Waals surface area contributed by atoms with Gasteiger partial charge in [-0.3, -0.25) is 4.98 Å². The SMILES string of the molecule is c1ccc(-c2ccc(-c3nc(-c4ccc5ccccc5c4)nc(-c4cncc5oc6cc(-n7c8ccccc8c8cc9ccccc9cc87)ccc6c45)n3)cc2)cc1. The van der Waals surface area contributed by atoms with Crippen molar-refractivity contribution in [2.24, 2.45) is 0 Å². The lowest BCUT2D eigenvalue weighted by Gasteiger charge is -2.10. The van der Waals surface area contributed by atoms with Gasteiger partial charge in [0.05, 0.1) is 17.2 Å². The first-order chi connectivity index (χ1) is 28.7. The molecule has 0 radical (unpaired) electrons. The molecule has 12 rings (SSSR count). The Kier molecular flexibility index (Phi) is 7.13. The van der Waals surface area contributed by atoms with E-state index in [4.69, 9.17) is 19.4 Å². The molecule has 4 heterocycles. The van der Waals surface area contributed by atoms with Gasteiger partial charge in [-0.25, -0.2) is 15.0 Å². The summed E-state index contributed by atoms with van der Waals surface area (Å²) in [4.78, 5) is 20.0. The third-order valence-electron chi connectivity index (χ3n) is 11.3. The van der Waals surface area contributed by atoms with Crippen LogP contribution in [-0.2, 0) is 0 Å².